The van der Waals surface area contributed by atoms with E-state index in [1.165, 1.54) is 7.11 Å². The number of carbonyl (C=O) groups excluding carboxylic acids is 2. The molecular formula is C12H14O3. The zero-order chi connectivity index (χ0) is 11.4. The van der Waals surface area contributed by atoms with Crippen LogP contribution in [-0.2, 0) is 16.0 Å². The summed E-state index contributed by atoms with van der Waals surface area (Å²) in [7, 11) is 1.36. The highest BCUT2D eigenvalue weighted by atomic mass is 16.5. The van der Waals surface area contributed by atoms with Crippen LogP contribution in [0, 0.1) is 13.8 Å². The summed E-state index contributed by atoms with van der Waals surface area (Å²) in [6.07, 6.45) is 0.998. The van der Waals surface area contributed by atoms with Gasteiger partial charge in [0.25, 0.3) is 0 Å². The quantitative estimate of drug-likeness (QED) is 0.559. The summed E-state index contributed by atoms with van der Waals surface area (Å²) in [5.41, 5.74) is 3.49. The second-order valence-electron chi connectivity index (χ2n) is 3.49. The molecule has 0 saturated heterocycles. The first-order valence-corrected chi connectivity index (χ1v) is 4.70. The van der Waals surface area contributed by atoms with Crippen LogP contribution < -0.4 is 0 Å². The summed E-state index contributed by atoms with van der Waals surface area (Å²) >= 11 is 0. The molecule has 0 aliphatic heterocycles. The third-order valence-electron chi connectivity index (χ3n) is 2.50. The maximum absolute atomic E-state index is 11.1. The Morgan fingerprint density at radius 1 is 1.40 bits per heavy atom. The van der Waals surface area contributed by atoms with E-state index in [4.69, 9.17) is 0 Å². The third-order valence-corrected chi connectivity index (χ3v) is 2.50. The van der Waals surface area contributed by atoms with E-state index in [0.29, 0.717) is 5.56 Å². The predicted molar refractivity (Wildman–Crippen MR) is 57.0 cm³/mol. The maximum Gasteiger partial charge on any atom is 0.309 e. The number of ether oxygens (including phenoxy) is 1. The highest BCUT2D eigenvalue weighted by Crippen LogP contribution is 2.16. The van der Waals surface area contributed by atoms with E-state index in [-0.39, 0.29) is 12.4 Å². The first kappa shape index (κ1) is 11.4. The number of hydrogen-bond donors (Lipinski definition) is 0. The molecule has 0 bridgehead atoms. The van der Waals surface area contributed by atoms with Gasteiger partial charge in [0, 0.05) is 5.56 Å². The minimum Gasteiger partial charge on any atom is -0.469 e. The van der Waals surface area contributed by atoms with Crippen LogP contribution in [-0.4, -0.2) is 19.4 Å². The normalized spacial score (nSPS) is 9.80. The molecule has 0 atom stereocenters. The van der Waals surface area contributed by atoms with Crippen LogP contribution in [0.2, 0.25) is 0 Å². The molecule has 0 radical (unpaired) electrons. The first-order valence-electron chi connectivity index (χ1n) is 4.70. The Morgan fingerprint density at radius 3 is 2.60 bits per heavy atom. The van der Waals surface area contributed by atoms with Gasteiger partial charge in [-0.15, -0.1) is 0 Å². The van der Waals surface area contributed by atoms with E-state index in [1.54, 1.807) is 6.07 Å². The summed E-state index contributed by atoms with van der Waals surface area (Å²) in [4.78, 5) is 21.8. The van der Waals surface area contributed by atoms with Gasteiger partial charge in [-0.1, -0.05) is 0 Å². The fraction of sp³-hybridized carbons (Fsp3) is 0.333. The second-order valence-corrected chi connectivity index (χ2v) is 3.49. The van der Waals surface area contributed by atoms with Crippen LogP contribution in [0.3, 0.4) is 0 Å². The predicted octanol–water partition coefficient (Wildman–Crippen LogP) is 1.83. The Morgan fingerprint density at radius 2 is 2.07 bits per heavy atom. The van der Waals surface area contributed by atoms with Gasteiger partial charge in [-0.05, 0) is 42.7 Å². The Bertz CT molecular complexity index is 394. The summed E-state index contributed by atoms with van der Waals surface area (Å²) < 4.78 is 4.60. The van der Waals surface area contributed by atoms with Gasteiger partial charge in [-0.2, -0.15) is 0 Å². The summed E-state index contributed by atoms with van der Waals surface area (Å²) in [5.74, 6) is -0.291. The molecule has 0 fully saturated rings. The SMILES string of the molecule is COC(=O)Cc1cc(C=O)cc(C)c1C. The summed E-state index contributed by atoms with van der Waals surface area (Å²) in [6, 6.07) is 3.54. The van der Waals surface area contributed by atoms with Crippen LogP contribution in [0.1, 0.15) is 27.0 Å². The van der Waals surface area contributed by atoms with Crippen molar-refractivity contribution < 1.29 is 14.3 Å². The van der Waals surface area contributed by atoms with Crippen molar-refractivity contribution in [3.8, 4) is 0 Å². The van der Waals surface area contributed by atoms with Gasteiger partial charge < -0.3 is 4.74 Å². The van der Waals surface area contributed by atoms with E-state index in [1.807, 2.05) is 19.9 Å². The minimum atomic E-state index is -0.291. The van der Waals surface area contributed by atoms with Crippen LogP contribution in [0.4, 0.5) is 0 Å². The van der Waals surface area contributed by atoms with Crippen molar-refractivity contribution in [3.05, 3.63) is 34.4 Å². The number of benzene rings is 1. The van der Waals surface area contributed by atoms with Gasteiger partial charge >= 0.3 is 5.97 Å². The van der Waals surface area contributed by atoms with Crippen molar-refractivity contribution in [2.24, 2.45) is 0 Å². The number of esters is 1. The number of aldehydes is 1. The van der Waals surface area contributed by atoms with E-state index >= 15 is 0 Å². The molecular weight excluding hydrogens is 192 g/mol. The van der Waals surface area contributed by atoms with Gasteiger partial charge in [0.2, 0.25) is 0 Å². The lowest BCUT2D eigenvalue weighted by molar-refractivity contribution is -0.139. The first-order chi connectivity index (χ1) is 7.08. The number of rotatable bonds is 3. The number of hydrogen-bond acceptors (Lipinski definition) is 3. The largest absolute Gasteiger partial charge is 0.469 e. The van der Waals surface area contributed by atoms with Crippen molar-refractivity contribution >= 4 is 12.3 Å². The van der Waals surface area contributed by atoms with Crippen molar-refractivity contribution in [3.63, 3.8) is 0 Å². The molecule has 0 N–H and O–H groups in total. The summed E-state index contributed by atoms with van der Waals surface area (Å²) in [5, 5.41) is 0. The molecule has 0 unspecified atom stereocenters. The smallest absolute Gasteiger partial charge is 0.309 e. The molecule has 0 aromatic heterocycles. The molecule has 0 amide bonds. The highest BCUT2D eigenvalue weighted by Gasteiger charge is 2.08. The Kier molecular flexibility index (Phi) is 3.61. The van der Waals surface area contributed by atoms with Crippen LogP contribution in [0.5, 0.6) is 0 Å². The number of aryl methyl sites for hydroxylation is 1. The molecule has 80 valence electrons. The second kappa shape index (κ2) is 4.73. The Hall–Kier alpha value is -1.64. The van der Waals surface area contributed by atoms with Gasteiger partial charge in [-0.25, -0.2) is 0 Å². The molecule has 0 saturated carbocycles. The summed E-state index contributed by atoms with van der Waals surface area (Å²) in [6.45, 7) is 3.85. The fourth-order valence-electron chi connectivity index (χ4n) is 1.44. The Balaban J connectivity index is 3.10. The molecule has 0 heterocycles. The van der Waals surface area contributed by atoms with Crippen molar-refractivity contribution in [1.82, 2.24) is 0 Å². The van der Waals surface area contributed by atoms with Crippen molar-refractivity contribution in [1.29, 1.82) is 0 Å². The zero-order valence-electron chi connectivity index (χ0n) is 9.16. The van der Waals surface area contributed by atoms with E-state index < -0.39 is 0 Å². The number of carbonyl (C=O) groups is 2. The van der Waals surface area contributed by atoms with Crippen LogP contribution >= 0.6 is 0 Å². The lowest BCUT2D eigenvalue weighted by Gasteiger charge is -2.08. The molecule has 3 heteroatoms. The lowest BCUT2D eigenvalue weighted by atomic mass is 9.98. The molecule has 1 aromatic carbocycles. The molecule has 0 spiro atoms. The van der Waals surface area contributed by atoms with Gasteiger partial charge in [-0.3, -0.25) is 9.59 Å². The molecule has 3 nitrogen and oxygen atoms in total. The number of methoxy groups -OCH3 is 1. The third kappa shape index (κ3) is 2.65. The van der Waals surface area contributed by atoms with E-state index in [9.17, 15) is 9.59 Å². The average molecular weight is 206 g/mol. The monoisotopic (exact) mass is 206 g/mol. The van der Waals surface area contributed by atoms with Gasteiger partial charge in [0.15, 0.2) is 0 Å². The topological polar surface area (TPSA) is 43.4 Å². The maximum atomic E-state index is 11.1. The van der Waals surface area contributed by atoms with Crippen LogP contribution in [0.25, 0.3) is 0 Å². The van der Waals surface area contributed by atoms with Crippen LogP contribution in [0.15, 0.2) is 12.1 Å². The molecule has 1 rings (SSSR count). The lowest BCUT2D eigenvalue weighted by Crippen LogP contribution is -2.07. The zero-order valence-corrected chi connectivity index (χ0v) is 9.16. The molecule has 0 aliphatic rings. The van der Waals surface area contributed by atoms with E-state index in [0.717, 1.165) is 23.0 Å². The van der Waals surface area contributed by atoms with Crippen molar-refractivity contribution in [2.75, 3.05) is 7.11 Å². The average Bonchev–Trinajstić information content (AvgIpc) is 2.24. The van der Waals surface area contributed by atoms with Crippen molar-refractivity contribution in [2.45, 2.75) is 20.3 Å². The molecule has 0 aliphatic carbocycles. The minimum absolute atomic E-state index is 0.213. The highest BCUT2D eigenvalue weighted by molar-refractivity contribution is 5.78. The van der Waals surface area contributed by atoms with Gasteiger partial charge in [0.05, 0.1) is 13.5 Å². The standard InChI is InChI=1S/C12H14O3/c1-8-4-10(7-13)5-11(9(8)2)6-12(14)15-3/h4-5,7H,6H2,1-3H3. The van der Waals surface area contributed by atoms with Gasteiger partial charge in [0.1, 0.15) is 6.29 Å². The Labute approximate surface area is 89.1 Å². The van der Waals surface area contributed by atoms with E-state index in [2.05, 4.69) is 4.74 Å². The molecule has 1 aromatic rings. The fourth-order valence-corrected chi connectivity index (χ4v) is 1.44. The molecule has 15 heavy (non-hydrogen) atoms.